The van der Waals surface area contributed by atoms with E-state index in [0.717, 1.165) is 17.8 Å². The van der Waals surface area contributed by atoms with Crippen LogP contribution in [0.3, 0.4) is 0 Å². The molecule has 126 valence electrons. The van der Waals surface area contributed by atoms with Gasteiger partial charge in [0.2, 0.25) is 0 Å². The Morgan fingerprint density at radius 3 is 2.28 bits per heavy atom. The Bertz CT molecular complexity index is 836. The van der Waals surface area contributed by atoms with Crippen LogP contribution in [0.15, 0.2) is 89.7 Å². The van der Waals surface area contributed by atoms with Crippen LogP contribution < -0.4 is 0 Å². The summed E-state index contributed by atoms with van der Waals surface area (Å²) in [6, 6.07) is 17.0. The third-order valence-electron chi connectivity index (χ3n) is 4.37. The molecule has 0 aromatic heterocycles. The van der Waals surface area contributed by atoms with Gasteiger partial charge in [-0.25, -0.2) is 0 Å². The second kappa shape index (κ2) is 7.80. The number of rotatable bonds is 4. The standard InChI is InChI=1S/C23H24N2/c1-18-8-10-21(11-9-18)17-25-14-12-20(13-15-25)16-23(24-3)22-7-5-4-6-19(22)2/h4-16H,17H2,1-3H3. The van der Waals surface area contributed by atoms with Crippen molar-refractivity contribution in [3.05, 3.63) is 107 Å². The Balaban J connectivity index is 1.71. The molecular weight excluding hydrogens is 304 g/mol. The molecule has 2 aromatic carbocycles. The first-order chi connectivity index (χ1) is 12.2. The summed E-state index contributed by atoms with van der Waals surface area (Å²) >= 11 is 0. The van der Waals surface area contributed by atoms with Gasteiger partial charge in [-0.05, 0) is 48.8 Å². The fraction of sp³-hybridized carbons (Fsp3) is 0.174. The molecule has 0 atom stereocenters. The minimum atomic E-state index is 0.882. The third kappa shape index (κ3) is 4.36. The zero-order chi connectivity index (χ0) is 17.6. The van der Waals surface area contributed by atoms with E-state index in [0.29, 0.717) is 0 Å². The first kappa shape index (κ1) is 17.0. The highest BCUT2D eigenvalue weighted by molar-refractivity contribution is 6.10. The highest BCUT2D eigenvalue weighted by Crippen LogP contribution is 2.16. The fourth-order valence-electron chi connectivity index (χ4n) is 2.86. The van der Waals surface area contributed by atoms with Crippen LogP contribution in [0.1, 0.15) is 22.3 Å². The Hall–Kier alpha value is -2.87. The predicted octanol–water partition coefficient (Wildman–Crippen LogP) is 5.19. The SMILES string of the molecule is CN=C(C=C1C=CN(Cc2ccc(C)cc2)C=C1)c1ccccc1C. The molecule has 1 aliphatic rings. The summed E-state index contributed by atoms with van der Waals surface area (Å²) in [5.41, 5.74) is 7.19. The molecule has 0 fully saturated rings. The molecule has 0 unspecified atom stereocenters. The zero-order valence-electron chi connectivity index (χ0n) is 15.1. The van der Waals surface area contributed by atoms with Crippen molar-refractivity contribution in [2.75, 3.05) is 7.05 Å². The molecule has 0 saturated carbocycles. The molecule has 0 aliphatic carbocycles. The van der Waals surface area contributed by atoms with E-state index in [4.69, 9.17) is 0 Å². The van der Waals surface area contributed by atoms with Crippen molar-refractivity contribution in [1.29, 1.82) is 0 Å². The van der Waals surface area contributed by atoms with E-state index >= 15 is 0 Å². The van der Waals surface area contributed by atoms with Gasteiger partial charge in [-0.1, -0.05) is 54.1 Å². The van der Waals surface area contributed by atoms with Crippen LogP contribution in [-0.2, 0) is 6.54 Å². The molecule has 0 spiro atoms. The summed E-state index contributed by atoms with van der Waals surface area (Å²) < 4.78 is 0. The Morgan fingerprint density at radius 2 is 1.64 bits per heavy atom. The van der Waals surface area contributed by atoms with Gasteiger partial charge in [0.25, 0.3) is 0 Å². The Labute approximate surface area is 150 Å². The van der Waals surface area contributed by atoms with Crippen LogP contribution in [0, 0.1) is 13.8 Å². The van der Waals surface area contributed by atoms with Crippen LogP contribution in [0.5, 0.6) is 0 Å². The van der Waals surface area contributed by atoms with Crippen LogP contribution in [0.4, 0.5) is 0 Å². The molecule has 2 aromatic rings. The van der Waals surface area contributed by atoms with E-state index in [-0.39, 0.29) is 0 Å². The molecular formula is C23H24N2. The minimum absolute atomic E-state index is 0.882. The lowest BCUT2D eigenvalue weighted by Gasteiger charge is -2.19. The number of benzene rings is 2. The smallest absolute Gasteiger partial charge is 0.0651 e. The van der Waals surface area contributed by atoms with Gasteiger partial charge in [-0.3, -0.25) is 4.99 Å². The number of aliphatic imine (C=N–C) groups is 1. The van der Waals surface area contributed by atoms with Crippen molar-refractivity contribution >= 4 is 5.71 Å². The van der Waals surface area contributed by atoms with Gasteiger partial charge >= 0.3 is 0 Å². The van der Waals surface area contributed by atoms with Crippen molar-refractivity contribution in [2.45, 2.75) is 20.4 Å². The topological polar surface area (TPSA) is 15.6 Å². The maximum Gasteiger partial charge on any atom is 0.0651 e. The summed E-state index contributed by atoms with van der Waals surface area (Å²) in [7, 11) is 1.85. The summed E-state index contributed by atoms with van der Waals surface area (Å²) in [4.78, 5) is 6.66. The predicted molar refractivity (Wildman–Crippen MR) is 107 cm³/mol. The van der Waals surface area contributed by atoms with Crippen LogP contribution in [0.2, 0.25) is 0 Å². The van der Waals surface area contributed by atoms with Crippen LogP contribution >= 0.6 is 0 Å². The van der Waals surface area contributed by atoms with E-state index in [2.05, 4.69) is 103 Å². The third-order valence-corrected chi connectivity index (χ3v) is 4.37. The first-order valence-corrected chi connectivity index (χ1v) is 8.58. The Morgan fingerprint density at radius 1 is 0.960 bits per heavy atom. The number of nitrogens with zero attached hydrogens (tertiary/aromatic N) is 2. The van der Waals surface area contributed by atoms with Gasteiger partial charge < -0.3 is 4.90 Å². The second-order valence-corrected chi connectivity index (χ2v) is 6.36. The maximum atomic E-state index is 4.47. The molecule has 1 aliphatic heterocycles. The van der Waals surface area contributed by atoms with Gasteiger partial charge in [-0.2, -0.15) is 0 Å². The van der Waals surface area contributed by atoms with Crippen LogP contribution in [-0.4, -0.2) is 17.7 Å². The fourth-order valence-corrected chi connectivity index (χ4v) is 2.86. The van der Waals surface area contributed by atoms with Gasteiger partial charge in [0.05, 0.1) is 5.71 Å². The van der Waals surface area contributed by atoms with E-state index < -0.39 is 0 Å². The molecule has 2 nitrogen and oxygen atoms in total. The summed E-state index contributed by atoms with van der Waals surface area (Å²) in [5.74, 6) is 0. The lowest BCUT2D eigenvalue weighted by Crippen LogP contribution is -2.11. The van der Waals surface area contributed by atoms with E-state index in [1.54, 1.807) is 0 Å². The van der Waals surface area contributed by atoms with Gasteiger partial charge in [0.15, 0.2) is 0 Å². The molecule has 2 heteroatoms. The molecule has 0 saturated heterocycles. The quantitative estimate of drug-likeness (QED) is 0.705. The lowest BCUT2D eigenvalue weighted by molar-refractivity contribution is 0.497. The van der Waals surface area contributed by atoms with E-state index in [9.17, 15) is 0 Å². The van der Waals surface area contributed by atoms with Crippen molar-refractivity contribution in [2.24, 2.45) is 4.99 Å². The number of hydrogen-bond acceptors (Lipinski definition) is 2. The average Bonchev–Trinajstić information content (AvgIpc) is 2.64. The number of aryl methyl sites for hydroxylation is 2. The minimum Gasteiger partial charge on any atom is -0.350 e. The monoisotopic (exact) mass is 328 g/mol. The van der Waals surface area contributed by atoms with Gasteiger partial charge in [0, 0.05) is 31.6 Å². The van der Waals surface area contributed by atoms with E-state index in [1.807, 2.05) is 7.05 Å². The highest BCUT2D eigenvalue weighted by atomic mass is 15.1. The first-order valence-electron chi connectivity index (χ1n) is 8.58. The van der Waals surface area contributed by atoms with Crippen molar-refractivity contribution in [3.8, 4) is 0 Å². The molecule has 0 N–H and O–H groups in total. The number of allylic oxidation sites excluding steroid dienone is 4. The molecule has 0 radical (unpaired) electrons. The zero-order valence-corrected chi connectivity index (χ0v) is 15.1. The normalized spacial score (nSPS) is 14.1. The molecule has 25 heavy (non-hydrogen) atoms. The summed E-state index contributed by atoms with van der Waals surface area (Å²) in [5, 5.41) is 0. The highest BCUT2D eigenvalue weighted by Gasteiger charge is 2.06. The van der Waals surface area contributed by atoms with Crippen LogP contribution in [0.25, 0.3) is 0 Å². The largest absolute Gasteiger partial charge is 0.350 e. The summed E-state index contributed by atoms with van der Waals surface area (Å²) in [6.07, 6.45) is 10.7. The van der Waals surface area contributed by atoms with Gasteiger partial charge in [0.1, 0.15) is 0 Å². The second-order valence-electron chi connectivity index (χ2n) is 6.36. The molecule has 1 heterocycles. The Kier molecular flexibility index (Phi) is 5.30. The van der Waals surface area contributed by atoms with Crippen molar-refractivity contribution in [3.63, 3.8) is 0 Å². The summed E-state index contributed by atoms with van der Waals surface area (Å²) in [6.45, 7) is 5.12. The lowest BCUT2D eigenvalue weighted by atomic mass is 10.0. The van der Waals surface area contributed by atoms with Crippen molar-refractivity contribution in [1.82, 2.24) is 4.90 Å². The molecule has 3 rings (SSSR count). The van der Waals surface area contributed by atoms with Gasteiger partial charge in [-0.15, -0.1) is 0 Å². The average molecular weight is 328 g/mol. The van der Waals surface area contributed by atoms with E-state index in [1.165, 1.54) is 22.3 Å². The maximum absolute atomic E-state index is 4.47. The molecule has 0 amide bonds. The molecule has 0 bridgehead atoms. The number of hydrogen-bond donors (Lipinski definition) is 0. The van der Waals surface area contributed by atoms with Crippen molar-refractivity contribution < 1.29 is 0 Å².